The molecule has 1 unspecified atom stereocenters. The molecule has 0 aliphatic heterocycles. The van der Waals surface area contributed by atoms with Crippen molar-refractivity contribution < 1.29 is 8.81 Å². The van der Waals surface area contributed by atoms with Crippen molar-refractivity contribution in [2.75, 3.05) is 5.32 Å². The molecular weight excluding hydrogens is 267 g/mol. The van der Waals surface area contributed by atoms with Crippen LogP contribution in [0.4, 0.5) is 10.1 Å². The molecule has 0 aliphatic rings. The Morgan fingerprint density at radius 2 is 1.95 bits per heavy atom. The zero-order valence-electron chi connectivity index (χ0n) is 12.1. The van der Waals surface area contributed by atoms with Gasteiger partial charge in [0.25, 0.3) is 0 Å². The van der Waals surface area contributed by atoms with Gasteiger partial charge in [0.05, 0.1) is 0 Å². The van der Waals surface area contributed by atoms with Gasteiger partial charge in [0, 0.05) is 18.7 Å². The Labute approximate surface area is 122 Å². The fourth-order valence-corrected chi connectivity index (χ4v) is 2.44. The first-order chi connectivity index (χ1) is 10.1. The Morgan fingerprint density at radius 3 is 2.71 bits per heavy atom. The highest BCUT2D eigenvalue weighted by molar-refractivity contribution is 5.77. The molecule has 0 saturated carbocycles. The Balaban J connectivity index is 1.70. The Bertz CT molecular complexity index is 749. The molecule has 0 aliphatic carbocycles. The molecule has 0 radical (unpaired) electrons. The molecule has 0 fully saturated rings. The van der Waals surface area contributed by atoms with Crippen molar-refractivity contribution in [3.8, 4) is 0 Å². The Hall–Kier alpha value is -2.36. The molecule has 0 amide bonds. The second-order valence-electron chi connectivity index (χ2n) is 5.29. The number of nitrogens with one attached hydrogen (secondary N) is 1. The molecule has 1 N–H and O–H groups in total. The summed E-state index contributed by atoms with van der Waals surface area (Å²) in [5.41, 5.74) is 3.76. The molecule has 0 spiro atoms. The summed E-state index contributed by atoms with van der Waals surface area (Å²) >= 11 is 0. The van der Waals surface area contributed by atoms with Gasteiger partial charge in [-0.15, -0.1) is 0 Å². The van der Waals surface area contributed by atoms with Gasteiger partial charge < -0.3 is 9.73 Å². The lowest BCUT2D eigenvalue weighted by atomic mass is 10.1. The van der Waals surface area contributed by atoms with Gasteiger partial charge in [0.2, 0.25) is 0 Å². The highest BCUT2D eigenvalue weighted by Gasteiger charge is 2.07. The van der Waals surface area contributed by atoms with Crippen LogP contribution in [0.2, 0.25) is 0 Å². The number of rotatable bonds is 4. The molecule has 21 heavy (non-hydrogen) atoms. The predicted octanol–water partition coefficient (Wildman–Crippen LogP) is 4.32. The third kappa shape index (κ3) is 3.21. The van der Waals surface area contributed by atoms with Crippen LogP contribution in [0.5, 0.6) is 0 Å². The Kier molecular flexibility index (Phi) is 3.60. The van der Waals surface area contributed by atoms with E-state index in [0.29, 0.717) is 5.89 Å². The van der Waals surface area contributed by atoms with Crippen molar-refractivity contribution in [2.24, 2.45) is 0 Å². The average Bonchev–Trinajstić information content (AvgIpc) is 2.80. The summed E-state index contributed by atoms with van der Waals surface area (Å²) in [5.74, 6) is 0.465. The van der Waals surface area contributed by atoms with Crippen LogP contribution in [0, 0.1) is 12.7 Å². The molecule has 0 bridgehead atoms. The van der Waals surface area contributed by atoms with Gasteiger partial charge in [0.15, 0.2) is 11.5 Å². The lowest BCUT2D eigenvalue weighted by Gasteiger charge is -2.15. The summed E-state index contributed by atoms with van der Waals surface area (Å²) in [6.07, 6.45) is 0.830. The van der Waals surface area contributed by atoms with E-state index in [1.807, 2.05) is 37.3 Å². The maximum atomic E-state index is 12.9. The number of fused-ring (bicyclic) bond motifs is 1. The van der Waals surface area contributed by atoms with Crippen LogP contribution in [0.25, 0.3) is 11.1 Å². The molecule has 0 saturated heterocycles. The summed E-state index contributed by atoms with van der Waals surface area (Å²) in [5, 5.41) is 3.43. The topological polar surface area (TPSA) is 38.1 Å². The fraction of sp³-hybridized carbons (Fsp3) is 0.235. The van der Waals surface area contributed by atoms with Crippen molar-refractivity contribution in [3.63, 3.8) is 0 Å². The minimum Gasteiger partial charge on any atom is -0.441 e. The number of nitrogens with zero attached hydrogens (tertiary/aromatic N) is 1. The third-order valence-corrected chi connectivity index (χ3v) is 3.36. The van der Waals surface area contributed by atoms with Gasteiger partial charge in [-0.2, -0.15) is 0 Å². The summed E-state index contributed by atoms with van der Waals surface area (Å²) < 4.78 is 18.4. The highest BCUT2D eigenvalue weighted by atomic mass is 19.1. The zero-order chi connectivity index (χ0) is 14.8. The summed E-state index contributed by atoms with van der Waals surface area (Å²) in [6.45, 7) is 3.94. The van der Waals surface area contributed by atoms with Crippen molar-refractivity contribution in [2.45, 2.75) is 26.3 Å². The molecule has 3 nitrogen and oxygen atoms in total. The van der Waals surface area contributed by atoms with Gasteiger partial charge in [-0.25, -0.2) is 9.37 Å². The van der Waals surface area contributed by atoms with Crippen molar-refractivity contribution in [1.82, 2.24) is 4.98 Å². The number of aromatic nitrogens is 1. The molecule has 1 atom stereocenters. The average molecular weight is 284 g/mol. The summed E-state index contributed by atoms with van der Waals surface area (Å²) in [6, 6.07) is 12.7. The van der Waals surface area contributed by atoms with Crippen molar-refractivity contribution in [3.05, 3.63) is 59.7 Å². The van der Waals surface area contributed by atoms with Gasteiger partial charge in [0.1, 0.15) is 11.3 Å². The number of benzene rings is 2. The quantitative estimate of drug-likeness (QED) is 0.775. The van der Waals surface area contributed by atoms with E-state index in [1.54, 1.807) is 0 Å². The number of halogens is 1. The number of hydrogen-bond acceptors (Lipinski definition) is 3. The normalized spacial score (nSPS) is 12.5. The molecule has 108 valence electrons. The van der Waals surface area contributed by atoms with Crippen molar-refractivity contribution in [1.29, 1.82) is 0 Å². The van der Waals surface area contributed by atoms with E-state index < -0.39 is 0 Å². The first-order valence-corrected chi connectivity index (χ1v) is 6.98. The third-order valence-electron chi connectivity index (χ3n) is 3.36. The second-order valence-corrected chi connectivity index (χ2v) is 5.29. The predicted molar refractivity (Wildman–Crippen MR) is 81.9 cm³/mol. The molecule has 1 heterocycles. The van der Waals surface area contributed by atoms with E-state index in [-0.39, 0.29) is 11.9 Å². The van der Waals surface area contributed by atoms with Gasteiger partial charge >= 0.3 is 0 Å². The minimum absolute atomic E-state index is 0.203. The van der Waals surface area contributed by atoms with Crippen LogP contribution in [0.3, 0.4) is 0 Å². The highest BCUT2D eigenvalue weighted by Crippen LogP contribution is 2.20. The van der Waals surface area contributed by atoms with Crippen LogP contribution >= 0.6 is 0 Å². The smallest absolute Gasteiger partial charge is 0.192 e. The molecule has 4 heteroatoms. The van der Waals surface area contributed by atoms with Gasteiger partial charge in [-0.1, -0.05) is 12.1 Å². The zero-order valence-corrected chi connectivity index (χ0v) is 12.1. The lowest BCUT2D eigenvalue weighted by molar-refractivity contribution is 0.561. The first kappa shape index (κ1) is 13.6. The Morgan fingerprint density at radius 1 is 1.19 bits per heavy atom. The first-order valence-electron chi connectivity index (χ1n) is 6.98. The largest absolute Gasteiger partial charge is 0.441 e. The number of oxazole rings is 1. The fourth-order valence-electron chi connectivity index (χ4n) is 2.44. The van der Waals surface area contributed by atoms with Crippen LogP contribution < -0.4 is 5.32 Å². The van der Waals surface area contributed by atoms with E-state index in [4.69, 9.17) is 4.42 Å². The molecule has 1 aromatic heterocycles. The van der Waals surface area contributed by atoms with Gasteiger partial charge in [-0.05, 0) is 49.2 Å². The molecule has 2 aromatic carbocycles. The van der Waals surface area contributed by atoms with E-state index in [1.165, 1.54) is 12.1 Å². The van der Waals surface area contributed by atoms with E-state index in [0.717, 1.165) is 28.8 Å². The van der Waals surface area contributed by atoms with Crippen LogP contribution in [0.1, 0.15) is 18.4 Å². The standard InChI is InChI=1S/C17H17FN2O/c1-11(9-13-3-5-14(18)6-4-13)19-15-7-8-17-16(10-15)20-12(2)21-17/h3-8,10-11,19H,9H2,1-2H3. The lowest BCUT2D eigenvalue weighted by Crippen LogP contribution is -2.17. The van der Waals surface area contributed by atoms with E-state index >= 15 is 0 Å². The molecule has 3 rings (SSSR count). The number of hydrogen-bond donors (Lipinski definition) is 1. The maximum Gasteiger partial charge on any atom is 0.192 e. The van der Waals surface area contributed by atoms with Crippen LogP contribution in [-0.4, -0.2) is 11.0 Å². The molecular formula is C17H17FN2O. The summed E-state index contributed by atoms with van der Waals surface area (Å²) in [7, 11) is 0. The van der Waals surface area contributed by atoms with Crippen LogP contribution in [0.15, 0.2) is 46.9 Å². The maximum absolute atomic E-state index is 12.9. The van der Waals surface area contributed by atoms with Crippen molar-refractivity contribution >= 4 is 16.8 Å². The van der Waals surface area contributed by atoms with Crippen LogP contribution in [-0.2, 0) is 6.42 Å². The van der Waals surface area contributed by atoms with Gasteiger partial charge in [-0.3, -0.25) is 0 Å². The van der Waals surface area contributed by atoms with E-state index in [2.05, 4.69) is 17.2 Å². The summed E-state index contributed by atoms with van der Waals surface area (Å²) in [4.78, 5) is 4.33. The minimum atomic E-state index is -0.203. The second kappa shape index (κ2) is 5.56. The molecule has 3 aromatic rings. The number of aryl methyl sites for hydroxylation is 1. The van der Waals surface area contributed by atoms with E-state index in [9.17, 15) is 4.39 Å². The monoisotopic (exact) mass is 284 g/mol. The SMILES string of the molecule is Cc1nc2cc(NC(C)Cc3ccc(F)cc3)ccc2o1. The number of anilines is 1.